The van der Waals surface area contributed by atoms with E-state index in [0.29, 0.717) is 6.61 Å². The molecular formula is C7H17N3O2. The van der Waals surface area contributed by atoms with E-state index in [-0.39, 0.29) is 0 Å². The van der Waals surface area contributed by atoms with E-state index < -0.39 is 0 Å². The standard InChI is InChI=1S/C7H17N3O2/c8-4-1-2-5-9-6-3-7-12-10-11/h9H,1-8H2. The Labute approximate surface area is 72.6 Å². The van der Waals surface area contributed by atoms with Gasteiger partial charge in [0.25, 0.3) is 0 Å². The van der Waals surface area contributed by atoms with Gasteiger partial charge in [-0.1, -0.05) is 0 Å². The minimum Gasteiger partial charge on any atom is -0.364 e. The second-order valence-corrected chi connectivity index (χ2v) is 2.51. The molecule has 0 saturated heterocycles. The molecule has 0 atom stereocenters. The van der Waals surface area contributed by atoms with Crippen LogP contribution in [-0.2, 0) is 4.84 Å². The Hall–Kier alpha value is -0.680. The molecule has 0 amide bonds. The van der Waals surface area contributed by atoms with Gasteiger partial charge in [-0.25, -0.2) is 0 Å². The summed E-state index contributed by atoms with van der Waals surface area (Å²) in [6.07, 6.45) is 2.97. The Morgan fingerprint density at radius 2 is 2.00 bits per heavy atom. The van der Waals surface area contributed by atoms with E-state index >= 15 is 0 Å². The highest BCUT2D eigenvalue weighted by atomic mass is 16.7. The van der Waals surface area contributed by atoms with Crippen LogP contribution in [-0.4, -0.2) is 26.2 Å². The molecule has 0 unspecified atom stereocenters. The summed E-state index contributed by atoms with van der Waals surface area (Å²) in [5.74, 6) is 0. The quantitative estimate of drug-likeness (QED) is 0.302. The molecule has 0 aromatic carbocycles. The summed E-state index contributed by atoms with van der Waals surface area (Å²) in [6, 6.07) is 0. The van der Waals surface area contributed by atoms with Crippen LogP contribution in [0.2, 0.25) is 0 Å². The summed E-state index contributed by atoms with van der Waals surface area (Å²) in [6.45, 7) is 2.99. The van der Waals surface area contributed by atoms with E-state index in [9.17, 15) is 4.91 Å². The molecule has 5 heteroatoms. The summed E-state index contributed by atoms with van der Waals surface area (Å²) in [7, 11) is 0. The van der Waals surface area contributed by atoms with Crippen molar-refractivity contribution in [1.29, 1.82) is 0 Å². The first-order chi connectivity index (χ1) is 5.91. The van der Waals surface area contributed by atoms with Crippen LogP contribution in [0.1, 0.15) is 19.3 Å². The molecule has 0 fully saturated rings. The van der Waals surface area contributed by atoms with E-state index in [4.69, 9.17) is 5.73 Å². The van der Waals surface area contributed by atoms with Gasteiger partial charge >= 0.3 is 0 Å². The van der Waals surface area contributed by atoms with E-state index in [1.165, 1.54) is 0 Å². The van der Waals surface area contributed by atoms with Gasteiger partial charge in [0.1, 0.15) is 6.61 Å². The average molecular weight is 175 g/mol. The van der Waals surface area contributed by atoms with Gasteiger partial charge < -0.3 is 15.9 Å². The van der Waals surface area contributed by atoms with Crippen molar-refractivity contribution >= 4 is 0 Å². The lowest BCUT2D eigenvalue weighted by atomic mass is 10.3. The predicted molar refractivity (Wildman–Crippen MR) is 47.5 cm³/mol. The number of nitrogens with zero attached hydrogens (tertiary/aromatic N) is 1. The van der Waals surface area contributed by atoms with Gasteiger partial charge in [-0.3, -0.25) is 0 Å². The van der Waals surface area contributed by atoms with E-state index in [1.807, 2.05) is 0 Å². The average Bonchev–Trinajstić information content (AvgIpc) is 2.10. The highest BCUT2D eigenvalue weighted by Gasteiger charge is 1.88. The molecule has 12 heavy (non-hydrogen) atoms. The summed E-state index contributed by atoms with van der Waals surface area (Å²) in [5.41, 5.74) is 5.31. The molecule has 3 N–H and O–H groups in total. The summed E-state index contributed by atoms with van der Waals surface area (Å²) in [5, 5.41) is 5.49. The summed E-state index contributed by atoms with van der Waals surface area (Å²) < 4.78 is 0. The zero-order valence-corrected chi connectivity index (χ0v) is 7.29. The maximum absolute atomic E-state index is 9.47. The van der Waals surface area contributed by atoms with Crippen LogP contribution in [0.3, 0.4) is 0 Å². The SMILES string of the molecule is NCCCCNCCCON=O. The molecule has 0 aliphatic rings. The molecule has 0 aromatic rings. The lowest BCUT2D eigenvalue weighted by molar-refractivity contribution is 0.137. The van der Waals surface area contributed by atoms with Gasteiger partial charge in [0, 0.05) is 0 Å². The maximum Gasteiger partial charge on any atom is 0.155 e. The highest BCUT2D eigenvalue weighted by Crippen LogP contribution is 1.84. The Morgan fingerprint density at radius 3 is 2.67 bits per heavy atom. The number of nitrogens with one attached hydrogen (secondary N) is 1. The third kappa shape index (κ3) is 9.32. The van der Waals surface area contributed by atoms with Gasteiger partial charge in [-0.15, -0.1) is 4.91 Å². The van der Waals surface area contributed by atoms with Crippen LogP contribution in [0.15, 0.2) is 5.34 Å². The molecule has 0 rings (SSSR count). The molecule has 0 heterocycles. The number of nitrogens with two attached hydrogens (primary N) is 1. The van der Waals surface area contributed by atoms with Crippen molar-refractivity contribution in [2.24, 2.45) is 11.1 Å². The molecule has 0 spiro atoms. The van der Waals surface area contributed by atoms with Gasteiger partial charge in [-0.05, 0) is 38.9 Å². The molecule has 0 saturated carbocycles. The third-order valence-electron chi connectivity index (χ3n) is 1.45. The first kappa shape index (κ1) is 11.3. The topological polar surface area (TPSA) is 76.7 Å². The van der Waals surface area contributed by atoms with Crippen molar-refractivity contribution in [1.82, 2.24) is 5.32 Å². The second-order valence-electron chi connectivity index (χ2n) is 2.51. The summed E-state index contributed by atoms with van der Waals surface area (Å²) in [4.78, 5) is 13.7. The van der Waals surface area contributed by atoms with Crippen LogP contribution < -0.4 is 11.1 Å². The monoisotopic (exact) mass is 175 g/mol. The second kappa shape index (κ2) is 10.3. The van der Waals surface area contributed by atoms with Gasteiger partial charge in [0.2, 0.25) is 0 Å². The fraction of sp³-hybridized carbons (Fsp3) is 1.00. The first-order valence-corrected chi connectivity index (χ1v) is 4.27. The Kier molecular flexibility index (Phi) is 9.74. The number of unbranched alkanes of at least 4 members (excludes halogenated alkanes) is 1. The van der Waals surface area contributed by atoms with Crippen LogP contribution in [0.5, 0.6) is 0 Å². The van der Waals surface area contributed by atoms with Gasteiger partial charge in [-0.2, -0.15) is 0 Å². The zero-order chi connectivity index (χ0) is 9.07. The van der Waals surface area contributed by atoms with Crippen molar-refractivity contribution in [3.8, 4) is 0 Å². The van der Waals surface area contributed by atoms with Gasteiger partial charge in [0.15, 0.2) is 5.34 Å². The lowest BCUT2D eigenvalue weighted by Gasteiger charge is -2.01. The lowest BCUT2D eigenvalue weighted by Crippen LogP contribution is -2.18. The van der Waals surface area contributed by atoms with Crippen molar-refractivity contribution < 1.29 is 4.84 Å². The fourth-order valence-electron chi connectivity index (χ4n) is 0.818. The van der Waals surface area contributed by atoms with E-state index in [1.54, 1.807) is 0 Å². The minimum absolute atomic E-state index is 0.396. The highest BCUT2D eigenvalue weighted by molar-refractivity contribution is 4.48. The van der Waals surface area contributed by atoms with Crippen LogP contribution >= 0.6 is 0 Å². The molecule has 72 valence electrons. The number of rotatable bonds is 9. The van der Waals surface area contributed by atoms with Crippen molar-refractivity contribution in [3.05, 3.63) is 4.91 Å². The Bertz CT molecular complexity index is 101. The Balaban J connectivity index is 2.77. The molecule has 5 nitrogen and oxygen atoms in total. The number of hydrogen-bond donors (Lipinski definition) is 2. The molecule has 0 aliphatic heterocycles. The molecular weight excluding hydrogens is 158 g/mol. The molecule has 0 bridgehead atoms. The van der Waals surface area contributed by atoms with E-state index in [0.717, 1.165) is 38.9 Å². The maximum atomic E-state index is 9.47. The minimum atomic E-state index is 0.396. The predicted octanol–water partition coefficient (Wildman–Crippen LogP) is 0.403. The van der Waals surface area contributed by atoms with Crippen molar-refractivity contribution in [2.45, 2.75) is 19.3 Å². The van der Waals surface area contributed by atoms with E-state index in [2.05, 4.69) is 15.5 Å². The zero-order valence-electron chi connectivity index (χ0n) is 7.29. The number of hydrogen-bond acceptors (Lipinski definition) is 5. The van der Waals surface area contributed by atoms with Crippen molar-refractivity contribution in [2.75, 3.05) is 26.2 Å². The van der Waals surface area contributed by atoms with Crippen molar-refractivity contribution in [3.63, 3.8) is 0 Å². The molecule has 0 aliphatic carbocycles. The van der Waals surface area contributed by atoms with Crippen LogP contribution in [0.25, 0.3) is 0 Å². The third-order valence-corrected chi connectivity index (χ3v) is 1.45. The molecule has 0 aromatic heterocycles. The smallest absolute Gasteiger partial charge is 0.155 e. The largest absolute Gasteiger partial charge is 0.364 e. The Morgan fingerprint density at radius 1 is 1.25 bits per heavy atom. The molecule has 0 radical (unpaired) electrons. The summed E-state index contributed by atoms with van der Waals surface area (Å²) >= 11 is 0. The normalized spacial score (nSPS) is 9.75. The van der Waals surface area contributed by atoms with Crippen LogP contribution in [0.4, 0.5) is 0 Å². The fourth-order valence-corrected chi connectivity index (χ4v) is 0.818. The van der Waals surface area contributed by atoms with Gasteiger partial charge in [0.05, 0.1) is 0 Å². The van der Waals surface area contributed by atoms with Crippen LogP contribution in [0, 0.1) is 4.91 Å². The first-order valence-electron chi connectivity index (χ1n) is 4.27.